The lowest BCUT2D eigenvalue weighted by atomic mass is 15.8. The summed E-state index contributed by atoms with van der Waals surface area (Å²) in [7, 11) is -6.49. The molecular formula is H7O9P3S3. The molecule has 15 heavy (non-hydrogen) atoms. The van der Waals surface area contributed by atoms with E-state index in [0.29, 0.717) is 22.1 Å². The zero-order valence-corrected chi connectivity index (χ0v) is 11.6. The molecule has 0 bridgehead atoms. The Kier molecular flexibility index (Phi) is 18.1. The third kappa shape index (κ3) is 31.4. The van der Waals surface area contributed by atoms with Crippen LogP contribution in [0, 0.1) is 0 Å². The van der Waals surface area contributed by atoms with Crippen molar-refractivity contribution in [3.8, 4) is 0 Å². The fourth-order valence-corrected chi connectivity index (χ4v) is 3.79. The third-order valence-corrected chi connectivity index (χ3v) is 4.34. The molecular weight excluding hydrogens is 333 g/mol. The molecule has 15 heteroatoms. The van der Waals surface area contributed by atoms with Crippen LogP contribution in [0.25, 0.3) is 0 Å². The molecule has 0 amide bonds. The summed E-state index contributed by atoms with van der Waals surface area (Å²) in [5.41, 5.74) is 0. The zero-order valence-electron chi connectivity index (χ0n) is 6.51. The molecule has 0 aliphatic rings. The van der Waals surface area contributed by atoms with E-state index in [1.807, 2.05) is 0 Å². The molecule has 0 rings (SSSR count). The largest absolute Gasteiger partial charge is 0.340 e. The van der Waals surface area contributed by atoms with Gasteiger partial charge in [-0.2, -0.15) is 0 Å². The predicted octanol–water partition coefficient (Wildman–Crippen LogP) is 0.492. The van der Waals surface area contributed by atoms with Crippen molar-refractivity contribution in [1.29, 1.82) is 0 Å². The van der Waals surface area contributed by atoms with Crippen LogP contribution >= 0.6 is 57.8 Å². The van der Waals surface area contributed by atoms with Gasteiger partial charge in [0.25, 0.3) is 0 Å². The van der Waals surface area contributed by atoms with Gasteiger partial charge >= 0.3 is 25.8 Å². The Bertz CT molecular complexity index is 108. The summed E-state index contributed by atoms with van der Waals surface area (Å²) in [5, 5.41) is 0. The lowest BCUT2D eigenvalue weighted by molar-refractivity contribution is 0.368. The maximum Gasteiger partial charge on any atom is 0.340 e. The summed E-state index contributed by atoms with van der Waals surface area (Å²) >= 11 is 1.35. The van der Waals surface area contributed by atoms with Crippen molar-refractivity contribution in [2.24, 2.45) is 0 Å². The van der Waals surface area contributed by atoms with Crippen LogP contribution in [0.5, 0.6) is 0 Å². The highest BCUT2D eigenvalue weighted by Gasteiger charge is 2.04. The summed E-state index contributed by atoms with van der Waals surface area (Å²) in [5.74, 6) is 0. The van der Waals surface area contributed by atoms with Crippen LogP contribution < -0.4 is 0 Å². The molecule has 0 aromatic carbocycles. The minimum atomic E-state index is -2.62. The first-order valence-electron chi connectivity index (χ1n) is 2.43. The van der Waals surface area contributed by atoms with Crippen LogP contribution in [0.2, 0.25) is 0 Å². The monoisotopic (exact) mass is 340 g/mol. The maximum absolute atomic E-state index is 8.18. The first-order chi connectivity index (χ1) is 6.86. The van der Waals surface area contributed by atoms with Crippen LogP contribution in [0.1, 0.15) is 0 Å². The van der Waals surface area contributed by atoms with Gasteiger partial charge in [0.2, 0.25) is 0 Å². The molecule has 7 N–H and O–H groups in total. The Morgan fingerprint density at radius 2 is 0.933 bits per heavy atom. The van der Waals surface area contributed by atoms with E-state index >= 15 is 0 Å². The molecule has 0 aromatic heterocycles. The normalized spacial score (nSPS) is 10.8. The summed E-state index contributed by atoms with van der Waals surface area (Å²) in [6, 6.07) is 0. The Morgan fingerprint density at radius 3 is 1.13 bits per heavy atom. The van der Waals surface area contributed by atoms with Gasteiger partial charge in [0.1, 0.15) is 0 Å². The van der Waals surface area contributed by atoms with Gasteiger partial charge in [-0.1, -0.05) is 0 Å². The van der Waals surface area contributed by atoms with E-state index < -0.39 is 25.8 Å². The molecule has 9 nitrogen and oxygen atoms in total. The summed E-state index contributed by atoms with van der Waals surface area (Å²) in [6.07, 6.45) is 0. The first-order valence-corrected chi connectivity index (χ1v) is 9.30. The van der Waals surface area contributed by atoms with Gasteiger partial charge in [0, 0.05) is 9.83 Å². The predicted molar refractivity (Wildman–Crippen MR) is 61.2 cm³/mol. The Balaban J connectivity index is 0. The van der Waals surface area contributed by atoms with Gasteiger partial charge in [0.15, 0.2) is 0 Å². The standard InChI is InChI=1S/H4O6P2S3.H3O3P/c1-7(2)5-9-11-10-6-8(3)4;1-4(2)3/h1-4H;1-3H. The number of hydrogen-bond donors (Lipinski definition) is 7. The first kappa shape index (κ1) is 19.3. The number of hydrogen-bond acceptors (Lipinski definition) is 12. The molecule has 0 atom stereocenters. The van der Waals surface area contributed by atoms with Crippen molar-refractivity contribution in [3.63, 3.8) is 0 Å². The molecule has 94 valence electrons. The van der Waals surface area contributed by atoms with Crippen molar-refractivity contribution in [2.45, 2.75) is 0 Å². The lowest BCUT2D eigenvalue weighted by Crippen LogP contribution is -1.67. The topological polar surface area (TPSA) is 160 Å². The van der Waals surface area contributed by atoms with Crippen molar-refractivity contribution < 1.29 is 42.2 Å². The van der Waals surface area contributed by atoms with Crippen LogP contribution in [0.3, 0.4) is 0 Å². The second-order valence-electron chi connectivity index (χ2n) is 1.13. The minimum Gasteiger partial charge on any atom is -0.328 e. The molecule has 0 saturated heterocycles. The molecule has 0 aliphatic heterocycles. The molecule has 0 saturated carbocycles. The molecule has 0 radical (unpaired) electrons. The van der Waals surface area contributed by atoms with Crippen molar-refractivity contribution in [1.82, 2.24) is 0 Å². The smallest absolute Gasteiger partial charge is 0.328 e. The van der Waals surface area contributed by atoms with Gasteiger partial charge in [-0.25, -0.2) is 7.94 Å². The van der Waals surface area contributed by atoms with Gasteiger partial charge in [0.05, 0.1) is 22.1 Å². The van der Waals surface area contributed by atoms with Gasteiger partial charge in [-0.3, -0.25) is 0 Å². The van der Waals surface area contributed by atoms with E-state index in [1.54, 1.807) is 0 Å². The average Bonchev–Trinajstić information content (AvgIpc) is 2.01. The molecule has 0 heterocycles. The molecule has 0 aromatic rings. The van der Waals surface area contributed by atoms with Gasteiger partial charge < -0.3 is 34.3 Å². The molecule has 0 unspecified atom stereocenters. The van der Waals surface area contributed by atoms with Crippen LogP contribution in [0.15, 0.2) is 0 Å². The maximum atomic E-state index is 8.18. The van der Waals surface area contributed by atoms with Crippen LogP contribution in [0.4, 0.5) is 0 Å². The van der Waals surface area contributed by atoms with E-state index in [4.69, 9.17) is 34.3 Å². The average molecular weight is 340 g/mol. The molecule has 0 aliphatic carbocycles. The number of rotatable bonds is 6. The quantitative estimate of drug-likeness (QED) is 0.155. The van der Waals surface area contributed by atoms with Crippen LogP contribution in [-0.4, -0.2) is 34.3 Å². The fraction of sp³-hybridized carbons (Fsp3) is 0. The third-order valence-electron chi connectivity index (χ3n) is 0.250. The van der Waals surface area contributed by atoms with E-state index in [2.05, 4.69) is 7.94 Å². The summed E-state index contributed by atoms with van der Waals surface area (Å²) < 4.78 is 8.44. The van der Waals surface area contributed by atoms with Crippen molar-refractivity contribution >= 4 is 57.8 Å². The molecule has 0 spiro atoms. The lowest BCUT2D eigenvalue weighted by Gasteiger charge is -2.00. The Labute approximate surface area is 100 Å². The highest BCUT2D eigenvalue weighted by Crippen LogP contribution is 2.47. The highest BCUT2D eigenvalue weighted by atomic mass is 33.5. The second-order valence-corrected chi connectivity index (χ2v) is 6.72. The minimum absolute atomic E-state index is 0.675. The van der Waals surface area contributed by atoms with Crippen molar-refractivity contribution in [2.75, 3.05) is 0 Å². The van der Waals surface area contributed by atoms with Crippen molar-refractivity contribution in [3.05, 3.63) is 0 Å². The van der Waals surface area contributed by atoms with E-state index in [-0.39, 0.29) is 0 Å². The Hall–Kier alpha value is 1.98. The van der Waals surface area contributed by atoms with E-state index in [0.717, 1.165) is 9.83 Å². The summed E-state index contributed by atoms with van der Waals surface area (Å²) in [6.45, 7) is 0. The summed E-state index contributed by atoms with van der Waals surface area (Å²) in [4.78, 5) is 54.4. The van der Waals surface area contributed by atoms with Crippen LogP contribution in [-0.2, 0) is 7.94 Å². The van der Waals surface area contributed by atoms with Gasteiger partial charge in [-0.15, -0.1) is 0 Å². The zero-order chi connectivity index (χ0) is 12.3. The highest BCUT2D eigenvalue weighted by molar-refractivity contribution is 9.07. The van der Waals surface area contributed by atoms with E-state index in [1.165, 1.54) is 0 Å². The molecule has 0 fully saturated rings. The fourth-order valence-electron chi connectivity index (χ4n) is 0.0906. The second kappa shape index (κ2) is 14.0. The Morgan fingerprint density at radius 1 is 0.667 bits per heavy atom. The van der Waals surface area contributed by atoms with Gasteiger partial charge in [-0.05, 0) is 0 Å². The SMILES string of the molecule is OP(O)O.OP(O)OSSSOP(O)O. The van der Waals surface area contributed by atoms with E-state index in [9.17, 15) is 0 Å².